The Kier molecular flexibility index (Phi) is 4.95. The molecule has 0 radical (unpaired) electrons. The molecule has 102 valence electrons. The highest BCUT2D eigenvalue weighted by atomic mass is 19.3. The van der Waals surface area contributed by atoms with Gasteiger partial charge in [0.15, 0.2) is 0 Å². The Morgan fingerprint density at radius 1 is 1.33 bits per heavy atom. The van der Waals surface area contributed by atoms with Crippen LogP contribution in [0.4, 0.5) is 20.7 Å². The number of hydrazine groups is 1. The summed E-state index contributed by atoms with van der Waals surface area (Å²) in [5, 5.41) is 0. The summed E-state index contributed by atoms with van der Waals surface area (Å²) in [7, 11) is 1.45. The smallest absolute Gasteiger partial charge is 0.323 e. The maximum absolute atomic E-state index is 12.3. The van der Waals surface area contributed by atoms with E-state index in [2.05, 4.69) is 20.4 Å². The van der Waals surface area contributed by atoms with Crippen LogP contribution in [0.3, 0.4) is 0 Å². The van der Waals surface area contributed by atoms with Crippen LogP contribution in [-0.2, 0) is 0 Å². The average molecular weight is 262 g/mol. The molecule has 0 aliphatic heterocycles. The molecular formula is C9H16F2N6O. The van der Waals surface area contributed by atoms with Gasteiger partial charge in [-0.1, -0.05) is 0 Å². The number of alkyl halides is 2. The van der Waals surface area contributed by atoms with Gasteiger partial charge >= 0.3 is 6.01 Å². The Balaban J connectivity index is 2.95. The fourth-order valence-corrected chi connectivity index (χ4v) is 1.13. The van der Waals surface area contributed by atoms with Crippen molar-refractivity contribution in [2.45, 2.75) is 26.4 Å². The Morgan fingerprint density at radius 2 is 2.00 bits per heavy atom. The van der Waals surface area contributed by atoms with Crippen molar-refractivity contribution in [2.75, 3.05) is 23.9 Å². The van der Waals surface area contributed by atoms with E-state index < -0.39 is 13.0 Å². The maximum atomic E-state index is 12.3. The van der Waals surface area contributed by atoms with Gasteiger partial charge in [-0.2, -0.15) is 15.0 Å². The van der Waals surface area contributed by atoms with E-state index in [1.165, 1.54) is 11.9 Å². The van der Waals surface area contributed by atoms with Crippen LogP contribution in [0.5, 0.6) is 6.01 Å². The molecule has 0 fully saturated rings. The predicted molar refractivity (Wildman–Crippen MR) is 62.7 cm³/mol. The largest absolute Gasteiger partial charge is 0.461 e. The first kappa shape index (κ1) is 14.3. The highest BCUT2D eigenvalue weighted by molar-refractivity contribution is 5.36. The van der Waals surface area contributed by atoms with Crippen LogP contribution in [0.1, 0.15) is 13.8 Å². The summed E-state index contributed by atoms with van der Waals surface area (Å²) < 4.78 is 29.8. The van der Waals surface area contributed by atoms with Gasteiger partial charge in [-0.25, -0.2) is 14.6 Å². The molecule has 1 rings (SSSR count). The van der Waals surface area contributed by atoms with E-state index in [0.717, 1.165) is 0 Å². The molecule has 1 aromatic rings. The molecule has 3 N–H and O–H groups in total. The molecule has 9 heteroatoms. The third kappa shape index (κ3) is 4.24. The minimum absolute atomic E-state index is 0.0315. The molecule has 0 atom stereocenters. The first-order valence-electron chi connectivity index (χ1n) is 5.31. The normalized spacial score (nSPS) is 10.9. The minimum atomic E-state index is -2.49. The number of hydrogen-bond donors (Lipinski definition) is 2. The van der Waals surface area contributed by atoms with Crippen LogP contribution in [0.15, 0.2) is 0 Å². The number of halogens is 2. The summed E-state index contributed by atoms with van der Waals surface area (Å²) >= 11 is 0. The van der Waals surface area contributed by atoms with E-state index in [9.17, 15) is 8.78 Å². The Labute approximate surface area is 103 Å². The highest BCUT2D eigenvalue weighted by Gasteiger charge is 2.15. The van der Waals surface area contributed by atoms with Crippen molar-refractivity contribution in [3.63, 3.8) is 0 Å². The average Bonchev–Trinajstić information content (AvgIpc) is 2.26. The SMILES string of the molecule is CC(C)Oc1nc(NN)nc(N(C)CC(F)F)n1. The number of nitrogen functional groups attached to an aromatic ring is 1. The summed E-state index contributed by atoms with van der Waals surface area (Å²) in [5.41, 5.74) is 2.23. The van der Waals surface area contributed by atoms with Crippen LogP contribution in [0.2, 0.25) is 0 Å². The molecule has 7 nitrogen and oxygen atoms in total. The number of nitrogens with one attached hydrogen (secondary N) is 1. The van der Waals surface area contributed by atoms with Crippen molar-refractivity contribution in [3.8, 4) is 6.01 Å². The van der Waals surface area contributed by atoms with Crippen molar-refractivity contribution in [1.29, 1.82) is 0 Å². The van der Waals surface area contributed by atoms with Crippen molar-refractivity contribution in [3.05, 3.63) is 0 Å². The third-order valence-corrected chi connectivity index (χ3v) is 1.83. The van der Waals surface area contributed by atoms with Gasteiger partial charge in [-0.05, 0) is 13.8 Å². The van der Waals surface area contributed by atoms with E-state index in [-0.39, 0.29) is 24.0 Å². The van der Waals surface area contributed by atoms with Crippen LogP contribution in [0.25, 0.3) is 0 Å². The molecule has 0 spiro atoms. The lowest BCUT2D eigenvalue weighted by Crippen LogP contribution is -2.27. The Morgan fingerprint density at radius 3 is 2.50 bits per heavy atom. The number of hydrogen-bond acceptors (Lipinski definition) is 7. The first-order chi connectivity index (χ1) is 8.42. The third-order valence-electron chi connectivity index (χ3n) is 1.83. The molecule has 0 aliphatic carbocycles. The van der Waals surface area contributed by atoms with Gasteiger partial charge in [-0.15, -0.1) is 0 Å². The number of anilines is 2. The topological polar surface area (TPSA) is 89.2 Å². The van der Waals surface area contributed by atoms with E-state index >= 15 is 0 Å². The maximum Gasteiger partial charge on any atom is 0.323 e. The van der Waals surface area contributed by atoms with Gasteiger partial charge < -0.3 is 9.64 Å². The molecular weight excluding hydrogens is 246 g/mol. The van der Waals surface area contributed by atoms with Crippen LogP contribution in [-0.4, -0.2) is 41.1 Å². The number of nitrogens with two attached hydrogens (primary N) is 1. The summed E-state index contributed by atoms with van der Waals surface area (Å²) in [5.74, 6) is 5.31. The molecule has 0 amide bonds. The van der Waals surface area contributed by atoms with Gasteiger partial charge in [0.05, 0.1) is 12.6 Å². The number of aromatic nitrogens is 3. The van der Waals surface area contributed by atoms with Crippen LogP contribution >= 0.6 is 0 Å². The fraction of sp³-hybridized carbons (Fsp3) is 0.667. The second kappa shape index (κ2) is 6.24. The quantitative estimate of drug-likeness (QED) is 0.574. The summed E-state index contributed by atoms with van der Waals surface area (Å²) in [6.45, 7) is 3.10. The zero-order valence-corrected chi connectivity index (χ0v) is 10.4. The van der Waals surface area contributed by atoms with E-state index in [1.54, 1.807) is 13.8 Å². The monoisotopic (exact) mass is 262 g/mol. The van der Waals surface area contributed by atoms with Crippen LogP contribution in [0, 0.1) is 0 Å². The molecule has 0 aromatic carbocycles. The van der Waals surface area contributed by atoms with Gasteiger partial charge in [-0.3, -0.25) is 5.43 Å². The zero-order valence-electron chi connectivity index (χ0n) is 10.4. The molecule has 18 heavy (non-hydrogen) atoms. The van der Waals surface area contributed by atoms with E-state index in [4.69, 9.17) is 10.6 Å². The molecule has 0 bridgehead atoms. The molecule has 0 aliphatic rings. The molecule has 1 aromatic heterocycles. The predicted octanol–water partition coefficient (Wildman–Crippen LogP) is 0.646. The van der Waals surface area contributed by atoms with E-state index in [0.29, 0.717) is 0 Å². The highest BCUT2D eigenvalue weighted by Crippen LogP contribution is 2.15. The van der Waals surface area contributed by atoms with Crippen molar-refractivity contribution >= 4 is 11.9 Å². The lowest BCUT2D eigenvalue weighted by molar-refractivity contribution is 0.155. The van der Waals surface area contributed by atoms with Crippen molar-refractivity contribution in [1.82, 2.24) is 15.0 Å². The van der Waals surface area contributed by atoms with Gasteiger partial charge in [0.2, 0.25) is 11.9 Å². The molecule has 0 saturated carbocycles. The van der Waals surface area contributed by atoms with Gasteiger partial charge in [0, 0.05) is 7.05 Å². The van der Waals surface area contributed by atoms with Crippen molar-refractivity contribution < 1.29 is 13.5 Å². The van der Waals surface area contributed by atoms with Gasteiger partial charge in [0.1, 0.15) is 0 Å². The summed E-state index contributed by atoms with van der Waals surface area (Å²) in [6.07, 6.45) is -2.64. The Hall–Kier alpha value is -1.77. The van der Waals surface area contributed by atoms with Gasteiger partial charge in [0.25, 0.3) is 6.43 Å². The first-order valence-corrected chi connectivity index (χ1v) is 5.31. The molecule has 0 saturated heterocycles. The summed E-state index contributed by atoms with van der Waals surface area (Å²) in [6, 6.07) is 0.0315. The second-order valence-corrected chi connectivity index (χ2v) is 3.82. The summed E-state index contributed by atoms with van der Waals surface area (Å²) in [4.78, 5) is 12.8. The lowest BCUT2D eigenvalue weighted by Gasteiger charge is -2.17. The second-order valence-electron chi connectivity index (χ2n) is 3.82. The zero-order chi connectivity index (χ0) is 13.7. The fourth-order valence-electron chi connectivity index (χ4n) is 1.13. The Bertz CT molecular complexity index is 389. The van der Waals surface area contributed by atoms with Crippen molar-refractivity contribution in [2.24, 2.45) is 5.84 Å². The standard InChI is InChI=1S/C9H16F2N6O/c1-5(2)18-9-14-7(16-12)13-8(15-9)17(3)4-6(10)11/h5-6H,4,12H2,1-3H3,(H,13,14,15,16). The number of rotatable bonds is 6. The number of nitrogens with zero attached hydrogens (tertiary/aromatic N) is 4. The molecule has 1 heterocycles. The lowest BCUT2D eigenvalue weighted by atomic mass is 10.5. The minimum Gasteiger partial charge on any atom is -0.461 e. The molecule has 0 unspecified atom stereocenters. The van der Waals surface area contributed by atoms with E-state index in [1.807, 2.05) is 0 Å². The number of ether oxygens (including phenoxy) is 1. The van der Waals surface area contributed by atoms with Crippen LogP contribution < -0.4 is 20.9 Å².